The Labute approximate surface area is 218 Å². The third-order valence-corrected chi connectivity index (χ3v) is 6.07. The normalized spacial score (nSPS) is 12.7. The first-order valence-corrected chi connectivity index (χ1v) is 12.1. The van der Waals surface area contributed by atoms with Crippen molar-refractivity contribution in [2.75, 3.05) is 13.7 Å². The average molecular weight is 515 g/mol. The van der Waals surface area contributed by atoms with Gasteiger partial charge < -0.3 is 24.8 Å². The number of aromatic nitrogens is 4. The molecular weight excluding hydrogens is 484 g/mol. The molecule has 4 N–H and O–H groups in total. The molecule has 9 heteroatoms. The zero-order chi connectivity index (χ0) is 27.4. The number of rotatable bonds is 7. The van der Waals surface area contributed by atoms with E-state index in [2.05, 4.69) is 19.9 Å². The molecule has 38 heavy (non-hydrogen) atoms. The lowest BCUT2D eigenvalue weighted by Crippen LogP contribution is -2.46. The van der Waals surface area contributed by atoms with E-state index >= 15 is 0 Å². The Balaban J connectivity index is 1.73. The molecule has 9 nitrogen and oxygen atoms in total. The molecule has 2 aromatic heterocycles. The predicted molar refractivity (Wildman–Crippen MR) is 145 cm³/mol. The molecule has 0 aliphatic rings. The van der Waals surface area contributed by atoms with Crippen LogP contribution in [-0.2, 0) is 11.8 Å². The van der Waals surface area contributed by atoms with Crippen molar-refractivity contribution in [2.45, 2.75) is 32.6 Å². The summed E-state index contributed by atoms with van der Waals surface area (Å²) in [7, 11) is 1.48. The van der Waals surface area contributed by atoms with Crippen LogP contribution in [0.15, 0.2) is 58.4 Å². The Hall–Kier alpha value is -4.50. The number of carbonyl (C=O) groups is 1. The molecule has 0 fully saturated rings. The fourth-order valence-corrected chi connectivity index (χ4v) is 4.26. The van der Waals surface area contributed by atoms with Crippen LogP contribution in [0.3, 0.4) is 0 Å². The van der Waals surface area contributed by atoms with Crippen molar-refractivity contribution in [3.05, 3.63) is 114 Å². The maximum Gasteiger partial charge on any atom is 0.272 e. The van der Waals surface area contributed by atoms with Crippen molar-refractivity contribution in [3.8, 4) is 5.75 Å². The summed E-state index contributed by atoms with van der Waals surface area (Å²) in [5.74, 6) is 0.151. The number of ketones is 1. The second-order valence-electron chi connectivity index (χ2n) is 9.86. The number of para-hydroxylation sites is 1. The van der Waals surface area contributed by atoms with Gasteiger partial charge in [-0.2, -0.15) is 0 Å². The number of aliphatic hydroxyl groups excluding tert-OH is 1. The molecule has 0 atom stereocenters. The third-order valence-electron chi connectivity index (χ3n) is 6.07. The number of H-pyrrole nitrogens is 3. The van der Waals surface area contributed by atoms with Gasteiger partial charge in [-0.05, 0) is 41.8 Å². The first-order valence-electron chi connectivity index (χ1n) is 12.1. The Kier molecular flexibility index (Phi) is 7.59. The highest BCUT2D eigenvalue weighted by Crippen LogP contribution is 2.27. The lowest BCUT2D eigenvalue weighted by atomic mass is 9.90. The first-order chi connectivity index (χ1) is 18.1. The monoisotopic (exact) mass is 514 g/mol. The smallest absolute Gasteiger partial charge is 0.272 e. The number of hydrogen-bond acceptors (Lipinski definition) is 6. The Morgan fingerprint density at radius 2 is 1.71 bits per heavy atom. The molecule has 0 radical (unpaired) electrons. The zero-order valence-electron chi connectivity index (χ0n) is 21.7. The van der Waals surface area contributed by atoms with Crippen LogP contribution in [0.4, 0.5) is 0 Å². The summed E-state index contributed by atoms with van der Waals surface area (Å²) in [6, 6.07) is 11.9. The van der Waals surface area contributed by atoms with E-state index < -0.39 is 11.1 Å². The van der Waals surface area contributed by atoms with Gasteiger partial charge in [0.25, 0.3) is 11.1 Å². The molecule has 0 aliphatic heterocycles. The Bertz CT molecular complexity index is 1720. The van der Waals surface area contributed by atoms with Crippen molar-refractivity contribution in [1.82, 2.24) is 19.9 Å². The highest BCUT2D eigenvalue weighted by molar-refractivity contribution is 6.11. The van der Waals surface area contributed by atoms with E-state index in [0.717, 1.165) is 11.3 Å². The molecule has 0 amide bonds. The van der Waals surface area contributed by atoms with Crippen molar-refractivity contribution in [3.63, 3.8) is 0 Å². The molecule has 4 aromatic rings. The molecular formula is C29H30N4O5. The number of aromatic amines is 3. The molecule has 0 aliphatic carbocycles. The lowest BCUT2D eigenvalue weighted by Gasteiger charge is -2.16. The fourth-order valence-electron chi connectivity index (χ4n) is 4.26. The minimum absolute atomic E-state index is 0.0531. The van der Waals surface area contributed by atoms with E-state index in [1.54, 1.807) is 54.9 Å². The highest BCUT2D eigenvalue weighted by atomic mass is 16.5. The summed E-state index contributed by atoms with van der Waals surface area (Å²) in [6.07, 6.45) is 4.96. The van der Waals surface area contributed by atoms with E-state index in [4.69, 9.17) is 4.74 Å². The van der Waals surface area contributed by atoms with Gasteiger partial charge in [-0.15, -0.1) is 0 Å². The zero-order valence-corrected chi connectivity index (χ0v) is 21.7. The summed E-state index contributed by atoms with van der Waals surface area (Å²) in [6.45, 7) is 5.98. The molecule has 196 valence electrons. The number of nitrogens with zero attached hydrogens (tertiary/aromatic N) is 1. The predicted octanol–water partition coefficient (Wildman–Crippen LogP) is 1.52. The second-order valence-corrected chi connectivity index (χ2v) is 9.86. The van der Waals surface area contributed by atoms with E-state index in [0.29, 0.717) is 34.6 Å². The molecule has 0 spiro atoms. The summed E-state index contributed by atoms with van der Waals surface area (Å²) in [4.78, 5) is 51.5. The molecule has 2 aromatic carbocycles. The van der Waals surface area contributed by atoms with Gasteiger partial charge in [-0.25, -0.2) is 4.98 Å². The summed E-state index contributed by atoms with van der Waals surface area (Å²) in [5.41, 5.74) is 2.26. The van der Waals surface area contributed by atoms with Crippen molar-refractivity contribution in [2.24, 2.45) is 0 Å². The average Bonchev–Trinajstić information content (AvgIpc) is 3.36. The maximum atomic E-state index is 13.3. The van der Waals surface area contributed by atoms with E-state index in [9.17, 15) is 19.5 Å². The molecule has 2 heterocycles. The molecule has 0 bridgehead atoms. The summed E-state index contributed by atoms with van der Waals surface area (Å²) in [5, 5.41) is 9.47. The van der Waals surface area contributed by atoms with Crippen molar-refractivity contribution < 1.29 is 14.6 Å². The summed E-state index contributed by atoms with van der Waals surface area (Å²) < 4.78 is 5.47. The number of ether oxygens (including phenoxy) is 1. The van der Waals surface area contributed by atoms with E-state index in [1.165, 1.54) is 13.2 Å². The third kappa shape index (κ3) is 5.57. The van der Waals surface area contributed by atoms with E-state index in [-0.39, 0.29) is 28.5 Å². The van der Waals surface area contributed by atoms with Crippen LogP contribution in [0.5, 0.6) is 5.75 Å². The van der Waals surface area contributed by atoms with Gasteiger partial charge in [-0.3, -0.25) is 14.4 Å². The van der Waals surface area contributed by atoms with Crippen LogP contribution in [0.2, 0.25) is 0 Å². The number of nitrogens with one attached hydrogen (secondary N) is 3. The van der Waals surface area contributed by atoms with Gasteiger partial charge in [0.1, 0.15) is 16.4 Å². The van der Waals surface area contributed by atoms with Crippen molar-refractivity contribution >= 4 is 17.9 Å². The SMILES string of the molecule is COc1c(CCO)cccc1C(=O)c1cccc(/C=c2\[nH]c(=O)/c(=C/c3nc[nH]c3C(C)(C)C)[nH]c2=O)c1. The number of aliphatic hydroxyl groups is 1. The van der Waals surface area contributed by atoms with Crippen LogP contribution < -0.4 is 26.6 Å². The minimum Gasteiger partial charge on any atom is -0.496 e. The van der Waals surface area contributed by atoms with Gasteiger partial charge in [-0.1, -0.05) is 51.1 Å². The van der Waals surface area contributed by atoms with Gasteiger partial charge in [0.15, 0.2) is 5.78 Å². The first kappa shape index (κ1) is 26.6. The van der Waals surface area contributed by atoms with Crippen LogP contribution in [0, 0.1) is 0 Å². The largest absolute Gasteiger partial charge is 0.496 e. The molecule has 0 saturated heterocycles. The van der Waals surface area contributed by atoms with Crippen LogP contribution in [0.1, 0.15) is 59.2 Å². The van der Waals surface area contributed by atoms with Gasteiger partial charge >= 0.3 is 0 Å². The molecule has 0 saturated carbocycles. The number of benzene rings is 2. The minimum atomic E-state index is -0.487. The summed E-state index contributed by atoms with van der Waals surface area (Å²) >= 11 is 0. The molecule has 0 unspecified atom stereocenters. The standard InChI is InChI=1S/C29H30N4O5/c1-29(2,3)26-21(30-16-31-26)15-23-28(37)32-22(27(36)33-23)14-17-7-5-9-19(13-17)24(35)20-10-6-8-18(11-12-34)25(20)38-4/h5-10,13-16,34H,11-12H2,1-4H3,(H,30,31)(H,32,37)(H,33,36)/b22-14-,23-15-. The number of imidazole rings is 1. The number of carbonyl (C=O) groups excluding carboxylic acids is 1. The Morgan fingerprint density at radius 1 is 1.03 bits per heavy atom. The topological polar surface area (TPSA) is 141 Å². The Morgan fingerprint density at radius 3 is 2.37 bits per heavy atom. The van der Waals surface area contributed by atoms with Crippen molar-refractivity contribution in [1.29, 1.82) is 0 Å². The van der Waals surface area contributed by atoms with Gasteiger partial charge in [0, 0.05) is 23.3 Å². The highest BCUT2D eigenvalue weighted by Gasteiger charge is 2.19. The number of methoxy groups -OCH3 is 1. The number of hydrogen-bond donors (Lipinski definition) is 4. The van der Waals surface area contributed by atoms with Crippen LogP contribution >= 0.6 is 0 Å². The lowest BCUT2D eigenvalue weighted by molar-refractivity contribution is 0.103. The fraction of sp³-hybridized carbons (Fsp3) is 0.241. The van der Waals surface area contributed by atoms with Crippen LogP contribution in [-0.4, -0.2) is 44.5 Å². The maximum absolute atomic E-state index is 13.3. The second kappa shape index (κ2) is 10.9. The van der Waals surface area contributed by atoms with Crippen LogP contribution in [0.25, 0.3) is 12.2 Å². The van der Waals surface area contributed by atoms with E-state index in [1.807, 2.05) is 20.8 Å². The van der Waals surface area contributed by atoms with Gasteiger partial charge in [0.2, 0.25) is 0 Å². The van der Waals surface area contributed by atoms with Gasteiger partial charge in [0.05, 0.1) is 24.7 Å². The molecule has 4 rings (SSSR count). The quantitative estimate of drug-likeness (QED) is 0.276.